The van der Waals surface area contributed by atoms with Crippen molar-refractivity contribution >= 4 is 29.4 Å². The number of amides is 2. The number of hydrogen-bond donors (Lipinski definition) is 2. The van der Waals surface area contributed by atoms with Crippen LogP contribution in [0.5, 0.6) is 17.2 Å². The summed E-state index contributed by atoms with van der Waals surface area (Å²) < 4.78 is 20.8. The van der Waals surface area contributed by atoms with Crippen molar-refractivity contribution in [2.24, 2.45) is 0 Å². The third-order valence-corrected chi connectivity index (χ3v) is 5.07. The Morgan fingerprint density at radius 1 is 1.14 bits per heavy atom. The molecule has 0 spiro atoms. The molecule has 0 saturated carbocycles. The average Bonchev–Trinajstić information content (AvgIpc) is 3.13. The predicted octanol–water partition coefficient (Wildman–Crippen LogP) is 2.39. The highest BCUT2D eigenvalue weighted by molar-refractivity contribution is 8.01. The summed E-state index contributed by atoms with van der Waals surface area (Å²) in [5, 5.41) is 8.74. The molecule has 158 valence electrons. The van der Waals surface area contributed by atoms with Gasteiger partial charge in [0.1, 0.15) is 5.76 Å². The highest BCUT2D eigenvalue weighted by Gasteiger charge is 2.17. The summed E-state index contributed by atoms with van der Waals surface area (Å²) in [6, 6.07) is 5.16. The van der Waals surface area contributed by atoms with E-state index in [9.17, 15) is 9.59 Å². The average molecular weight is 423 g/mol. The summed E-state index contributed by atoms with van der Waals surface area (Å²) >= 11 is 1.22. The van der Waals surface area contributed by atoms with Crippen molar-refractivity contribution in [3.8, 4) is 17.2 Å². The zero-order valence-electron chi connectivity index (χ0n) is 17.0. The maximum atomic E-state index is 12.2. The van der Waals surface area contributed by atoms with Crippen LogP contribution in [0.15, 0.2) is 22.7 Å². The van der Waals surface area contributed by atoms with Gasteiger partial charge in [-0.25, -0.2) is 0 Å². The van der Waals surface area contributed by atoms with Crippen LogP contribution in [0.4, 0.5) is 5.82 Å². The van der Waals surface area contributed by atoms with Crippen molar-refractivity contribution in [2.45, 2.75) is 25.6 Å². The molecule has 2 aromatic rings. The van der Waals surface area contributed by atoms with Gasteiger partial charge in [0.2, 0.25) is 17.6 Å². The number of carbonyl (C=O) groups excluding carboxylic acids is 2. The van der Waals surface area contributed by atoms with E-state index in [1.165, 1.54) is 33.1 Å². The van der Waals surface area contributed by atoms with Crippen LogP contribution in [0.25, 0.3) is 0 Å². The van der Waals surface area contributed by atoms with Crippen molar-refractivity contribution in [1.82, 2.24) is 10.5 Å². The molecule has 2 N–H and O–H groups in total. The summed E-state index contributed by atoms with van der Waals surface area (Å²) in [5.41, 5.74) is 0.796. The number of anilines is 1. The number of thioether (sulfide) groups is 1. The van der Waals surface area contributed by atoms with Gasteiger partial charge in [0.25, 0.3) is 0 Å². The number of ether oxygens (including phenoxy) is 3. The zero-order chi connectivity index (χ0) is 21.4. The summed E-state index contributed by atoms with van der Waals surface area (Å²) in [4.78, 5) is 24.3. The SMILES string of the molecule is COc1cc(CNC(=O)CS[C@@H](C)C(=O)Nc2cc(C)on2)cc(OC)c1OC. The lowest BCUT2D eigenvalue weighted by atomic mass is 10.2. The first-order valence-corrected chi connectivity index (χ1v) is 9.84. The van der Waals surface area contributed by atoms with E-state index < -0.39 is 5.25 Å². The van der Waals surface area contributed by atoms with Crippen molar-refractivity contribution < 1.29 is 28.3 Å². The maximum Gasteiger partial charge on any atom is 0.238 e. The Morgan fingerprint density at radius 3 is 2.31 bits per heavy atom. The van der Waals surface area contributed by atoms with E-state index in [2.05, 4.69) is 15.8 Å². The van der Waals surface area contributed by atoms with Crippen LogP contribution in [0.1, 0.15) is 18.2 Å². The molecule has 0 radical (unpaired) electrons. The number of hydrogen-bond acceptors (Lipinski definition) is 8. The monoisotopic (exact) mass is 423 g/mol. The molecule has 0 fully saturated rings. The van der Waals surface area contributed by atoms with E-state index in [0.29, 0.717) is 28.8 Å². The largest absolute Gasteiger partial charge is 0.493 e. The Morgan fingerprint density at radius 2 is 1.79 bits per heavy atom. The topological polar surface area (TPSA) is 112 Å². The third kappa shape index (κ3) is 6.31. The van der Waals surface area contributed by atoms with Gasteiger partial charge in [-0.1, -0.05) is 5.16 Å². The first kappa shape index (κ1) is 22.4. The second-order valence-electron chi connectivity index (χ2n) is 6.08. The molecule has 2 amide bonds. The molecular formula is C19H25N3O6S. The van der Waals surface area contributed by atoms with E-state index in [1.54, 1.807) is 32.0 Å². The molecule has 1 heterocycles. The highest BCUT2D eigenvalue weighted by atomic mass is 32.2. The normalized spacial score (nSPS) is 11.5. The molecule has 0 bridgehead atoms. The molecule has 0 aliphatic heterocycles. The fourth-order valence-electron chi connectivity index (χ4n) is 2.42. The fraction of sp³-hybridized carbons (Fsp3) is 0.421. The molecule has 1 aromatic carbocycles. The molecule has 0 saturated heterocycles. The Bertz CT molecular complexity index is 829. The number of aryl methyl sites for hydroxylation is 1. The van der Waals surface area contributed by atoms with Crippen LogP contribution in [0.2, 0.25) is 0 Å². The van der Waals surface area contributed by atoms with Crippen LogP contribution in [-0.4, -0.2) is 49.3 Å². The fourth-order valence-corrected chi connectivity index (χ4v) is 3.13. The highest BCUT2D eigenvalue weighted by Crippen LogP contribution is 2.38. The van der Waals surface area contributed by atoms with Crippen LogP contribution < -0.4 is 24.8 Å². The van der Waals surface area contributed by atoms with Gasteiger partial charge in [-0.15, -0.1) is 11.8 Å². The number of nitrogens with zero attached hydrogens (tertiary/aromatic N) is 1. The quantitative estimate of drug-likeness (QED) is 0.599. The van der Waals surface area contributed by atoms with Gasteiger partial charge in [-0.05, 0) is 31.5 Å². The lowest BCUT2D eigenvalue weighted by Crippen LogP contribution is -2.28. The van der Waals surface area contributed by atoms with Gasteiger partial charge in [-0.3, -0.25) is 9.59 Å². The predicted molar refractivity (Wildman–Crippen MR) is 110 cm³/mol. The number of carbonyl (C=O) groups is 2. The molecule has 9 nitrogen and oxygen atoms in total. The standard InChI is InChI=1S/C19H25N3O6S/c1-11-6-16(22-28-11)21-19(24)12(2)29-10-17(23)20-9-13-7-14(25-3)18(27-5)15(8-13)26-4/h6-8,12H,9-10H2,1-5H3,(H,20,23)(H,21,22,24)/t12-/m0/s1. The minimum absolute atomic E-state index is 0.136. The molecule has 10 heteroatoms. The van der Waals surface area contributed by atoms with Gasteiger partial charge in [-0.2, -0.15) is 0 Å². The van der Waals surface area contributed by atoms with Crippen LogP contribution in [0.3, 0.4) is 0 Å². The van der Waals surface area contributed by atoms with Crippen LogP contribution in [-0.2, 0) is 16.1 Å². The van der Waals surface area contributed by atoms with E-state index in [4.69, 9.17) is 18.7 Å². The Labute approximate surface area is 173 Å². The molecule has 0 unspecified atom stereocenters. The number of benzene rings is 1. The summed E-state index contributed by atoms with van der Waals surface area (Å²) in [5.74, 6) is 2.16. The molecule has 0 aliphatic rings. The second kappa shape index (κ2) is 10.6. The Balaban J connectivity index is 1.84. The Kier molecular flexibility index (Phi) is 8.20. The van der Waals surface area contributed by atoms with Gasteiger partial charge < -0.3 is 29.4 Å². The van der Waals surface area contributed by atoms with E-state index >= 15 is 0 Å². The van der Waals surface area contributed by atoms with Crippen LogP contribution >= 0.6 is 11.8 Å². The first-order chi connectivity index (χ1) is 13.9. The van der Waals surface area contributed by atoms with Crippen molar-refractivity contribution in [2.75, 3.05) is 32.4 Å². The molecular weight excluding hydrogens is 398 g/mol. The second-order valence-corrected chi connectivity index (χ2v) is 7.40. The van der Waals surface area contributed by atoms with E-state index in [0.717, 1.165) is 5.56 Å². The molecule has 0 aliphatic carbocycles. The lowest BCUT2D eigenvalue weighted by Gasteiger charge is -2.15. The molecule has 29 heavy (non-hydrogen) atoms. The van der Waals surface area contributed by atoms with Crippen LogP contribution in [0, 0.1) is 6.92 Å². The van der Waals surface area contributed by atoms with E-state index in [1.807, 2.05) is 0 Å². The molecule has 1 aromatic heterocycles. The first-order valence-electron chi connectivity index (χ1n) is 8.79. The van der Waals surface area contributed by atoms with Gasteiger partial charge in [0.05, 0.1) is 32.3 Å². The number of nitrogens with one attached hydrogen (secondary N) is 2. The number of aromatic nitrogens is 1. The van der Waals surface area contributed by atoms with Crippen molar-refractivity contribution in [1.29, 1.82) is 0 Å². The minimum atomic E-state index is -0.432. The summed E-state index contributed by atoms with van der Waals surface area (Å²) in [7, 11) is 4.59. The number of methoxy groups -OCH3 is 3. The molecule has 2 rings (SSSR count). The summed E-state index contributed by atoms with van der Waals surface area (Å²) in [6.45, 7) is 3.74. The molecule has 1 atom stereocenters. The van der Waals surface area contributed by atoms with Gasteiger partial charge in [0.15, 0.2) is 17.3 Å². The van der Waals surface area contributed by atoms with Gasteiger partial charge >= 0.3 is 0 Å². The maximum absolute atomic E-state index is 12.2. The van der Waals surface area contributed by atoms with E-state index in [-0.39, 0.29) is 24.1 Å². The zero-order valence-corrected chi connectivity index (χ0v) is 17.8. The smallest absolute Gasteiger partial charge is 0.238 e. The lowest BCUT2D eigenvalue weighted by molar-refractivity contribution is -0.118. The van der Waals surface area contributed by atoms with Crippen molar-refractivity contribution in [3.05, 3.63) is 29.5 Å². The third-order valence-electron chi connectivity index (χ3n) is 3.93. The number of rotatable bonds is 10. The van der Waals surface area contributed by atoms with Gasteiger partial charge in [0, 0.05) is 12.6 Å². The Hall–Kier alpha value is -2.88. The minimum Gasteiger partial charge on any atom is -0.493 e. The van der Waals surface area contributed by atoms with Crippen molar-refractivity contribution in [3.63, 3.8) is 0 Å². The summed E-state index contributed by atoms with van der Waals surface area (Å²) in [6.07, 6.45) is 0.